The molecule has 0 saturated carbocycles. The van der Waals surface area contributed by atoms with E-state index in [-0.39, 0.29) is 5.54 Å². The van der Waals surface area contributed by atoms with Crippen LogP contribution in [0.4, 0.5) is 5.13 Å². The van der Waals surface area contributed by atoms with Crippen LogP contribution in [0.3, 0.4) is 0 Å². The van der Waals surface area contributed by atoms with E-state index in [9.17, 15) is 0 Å². The number of thioether (sulfide) groups is 1. The van der Waals surface area contributed by atoms with Crippen LogP contribution in [0.25, 0.3) is 0 Å². The lowest BCUT2D eigenvalue weighted by Gasteiger charge is -2.45. The largest absolute Gasteiger partial charge is 0.346 e. The fourth-order valence-electron chi connectivity index (χ4n) is 2.88. The number of hydrogen-bond acceptors (Lipinski definition) is 6. The number of thiazole rings is 1. The molecule has 2 fully saturated rings. The van der Waals surface area contributed by atoms with Crippen molar-refractivity contribution in [2.75, 3.05) is 49.1 Å². The average Bonchev–Trinajstić information content (AvgIpc) is 3.11. The van der Waals surface area contributed by atoms with E-state index >= 15 is 0 Å². The van der Waals surface area contributed by atoms with Crippen LogP contribution >= 0.6 is 23.1 Å². The van der Waals surface area contributed by atoms with Crippen molar-refractivity contribution in [3.05, 3.63) is 11.6 Å². The van der Waals surface area contributed by atoms with Crippen LogP contribution in [-0.4, -0.2) is 59.7 Å². The first kappa shape index (κ1) is 12.7. The topological polar surface area (TPSA) is 45.4 Å². The summed E-state index contributed by atoms with van der Waals surface area (Å²) in [7, 11) is 0. The zero-order valence-corrected chi connectivity index (χ0v) is 12.2. The van der Waals surface area contributed by atoms with Crippen molar-refractivity contribution in [3.8, 4) is 0 Å². The molecule has 6 heteroatoms. The first-order valence-electron chi connectivity index (χ1n) is 6.51. The summed E-state index contributed by atoms with van der Waals surface area (Å²) < 4.78 is 0. The van der Waals surface area contributed by atoms with E-state index < -0.39 is 0 Å². The van der Waals surface area contributed by atoms with Crippen LogP contribution in [0.2, 0.25) is 0 Å². The highest BCUT2D eigenvalue weighted by Gasteiger charge is 2.40. The Morgan fingerprint density at radius 1 is 1.33 bits per heavy atom. The highest BCUT2D eigenvalue weighted by Crippen LogP contribution is 2.33. The van der Waals surface area contributed by atoms with Crippen molar-refractivity contribution in [1.82, 2.24) is 9.88 Å². The van der Waals surface area contributed by atoms with Gasteiger partial charge in [-0.15, -0.1) is 11.3 Å². The van der Waals surface area contributed by atoms with E-state index in [4.69, 9.17) is 5.73 Å². The van der Waals surface area contributed by atoms with Gasteiger partial charge in [-0.3, -0.25) is 4.90 Å². The first-order chi connectivity index (χ1) is 8.84. The lowest BCUT2D eigenvalue weighted by Crippen LogP contribution is -2.60. The second-order valence-electron chi connectivity index (χ2n) is 5.02. The number of hydrogen-bond donors (Lipinski definition) is 1. The molecule has 4 nitrogen and oxygen atoms in total. The molecule has 100 valence electrons. The molecule has 0 radical (unpaired) electrons. The van der Waals surface area contributed by atoms with Crippen molar-refractivity contribution in [1.29, 1.82) is 0 Å². The summed E-state index contributed by atoms with van der Waals surface area (Å²) in [6.07, 6.45) is 3.15. The molecular formula is C12H20N4S2. The first-order valence-corrected chi connectivity index (χ1v) is 8.55. The summed E-state index contributed by atoms with van der Waals surface area (Å²) in [5, 5.41) is 3.22. The zero-order chi connectivity index (χ0) is 12.4. The summed E-state index contributed by atoms with van der Waals surface area (Å²) in [6.45, 7) is 5.21. The Balaban J connectivity index is 1.63. The highest BCUT2D eigenvalue weighted by molar-refractivity contribution is 7.99. The lowest BCUT2D eigenvalue weighted by molar-refractivity contribution is 0.109. The third kappa shape index (κ3) is 2.27. The Labute approximate surface area is 117 Å². The summed E-state index contributed by atoms with van der Waals surface area (Å²) in [6, 6.07) is 0. The third-order valence-corrected chi connectivity index (χ3v) is 6.17. The SMILES string of the molecule is NCC1(N2CCN(c3nccs3)CC2)CCSC1. The molecule has 3 heterocycles. The van der Waals surface area contributed by atoms with Gasteiger partial charge in [0.15, 0.2) is 5.13 Å². The van der Waals surface area contributed by atoms with E-state index in [1.807, 2.05) is 6.20 Å². The number of rotatable bonds is 3. The normalized spacial score (nSPS) is 29.9. The number of anilines is 1. The van der Waals surface area contributed by atoms with Gasteiger partial charge in [0.2, 0.25) is 0 Å². The van der Waals surface area contributed by atoms with Gasteiger partial charge in [-0.2, -0.15) is 11.8 Å². The molecule has 18 heavy (non-hydrogen) atoms. The molecule has 2 N–H and O–H groups in total. The van der Waals surface area contributed by atoms with Gasteiger partial charge in [0.1, 0.15) is 0 Å². The number of aromatic nitrogens is 1. The van der Waals surface area contributed by atoms with Gasteiger partial charge in [-0.05, 0) is 12.2 Å². The molecule has 1 atom stereocenters. The third-order valence-electron chi connectivity index (χ3n) is 4.10. The molecule has 3 rings (SSSR count). The van der Waals surface area contributed by atoms with Crippen molar-refractivity contribution >= 4 is 28.2 Å². The van der Waals surface area contributed by atoms with E-state index in [1.165, 1.54) is 17.9 Å². The smallest absolute Gasteiger partial charge is 0.185 e. The van der Waals surface area contributed by atoms with Crippen LogP contribution in [0.15, 0.2) is 11.6 Å². The zero-order valence-electron chi connectivity index (χ0n) is 10.5. The van der Waals surface area contributed by atoms with Crippen LogP contribution in [-0.2, 0) is 0 Å². The minimum absolute atomic E-state index is 0.277. The molecule has 2 saturated heterocycles. The minimum atomic E-state index is 0.277. The van der Waals surface area contributed by atoms with Crippen LogP contribution in [0, 0.1) is 0 Å². The van der Waals surface area contributed by atoms with E-state index in [0.717, 1.165) is 37.9 Å². The molecule has 0 aromatic carbocycles. The van der Waals surface area contributed by atoms with Gasteiger partial charge in [0.25, 0.3) is 0 Å². The van der Waals surface area contributed by atoms with Crippen molar-refractivity contribution in [2.45, 2.75) is 12.0 Å². The Hall–Kier alpha value is -0.300. The summed E-state index contributed by atoms with van der Waals surface area (Å²) in [4.78, 5) is 9.42. The van der Waals surface area contributed by atoms with Crippen molar-refractivity contribution < 1.29 is 0 Å². The Morgan fingerprint density at radius 2 is 2.17 bits per heavy atom. The average molecular weight is 284 g/mol. The predicted molar refractivity (Wildman–Crippen MR) is 79.6 cm³/mol. The Morgan fingerprint density at radius 3 is 2.72 bits per heavy atom. The Kier molecular flexibility index (Phi) is 3.79. The van der Waals surface area contributed by atoms with Crippen LogP contribution in [0.1, 0.15) is 6.42 Å². The van der Waals surface area contributed by atoms with Gasteiger partial charge < -0.3 is 10.6 Å². The second-order valence-corrected chi connectivity index (χ2v) is 7.00. The maximum absolute atomic E-state index is 6.05. The molecule has 0 spiro atoms. The van der Waals surface area contributed by atoms with Crippen molar-refractivity contribution in [3.63, 3.8) is 0 Å². The highest BCUT2D eigenvalue weighted by atomic mass is 32.2. The molecule has 1 aromatic rings. The summed E-state index contributed by atoms with van der Waals surface area (Å²) in [5.74, 6) is 2.48. The van der Waals surface area contributed by atoms with Crippen molar-refractivity contribution in [2.24, 2.45) is 5.73 Å². The van der Waals surface area contributed by atoms with Gasteiger partial charge in [-0.25, -0.2) is 4.98 Å². The summed E-state index contributed by atoms with van der Waals surface area (Å²) in [5.41, 5.74) is 6.33. The minimum Gasteiger partial charge on any atom is -0.346 e. The monoisotopic (exact) mass is 284 g/mol. The quantitative estimate of drug-likeness (QED) is 0.900. The number of piperazine rings is 1. The van der Waals surface area contributed by atoms with Gasteiger partial charge >= 0.3 is 0 Å². The standard InChI is InChI=1S/C12H20N4S2/c13-9-12(1-7-17-10-12)16-5-3-15(4-6-16)11-14-2-8-18-11/h2,8H,1,3-7,9-10,13H2. The molecular weight excluding hydrogens is 264 g/mol. The van der Waals surface area contributed by atoms with Crippen LogP contribution in [0.5, 0.6) is 0 Å². The molecule has 0 amide bonds. The second kappa shape index (κ2) is 5.36. The maximum Gasteiger partial charge on any atom is 0.185 e. The number of nitrogens with two attached hydrogens (primary N) is 1. The molecule has 2 aliphatic rings. The van der Waals surface area contributed by atoms with Gasteiger partial charge in [0, 0.05) is 55.6 Å². The molecule has 0 aliphatic carbocycles. The maximum atomic E-state index is 6.05. The van der Waals surface area contributed by atoms with Gasteiger partial charge in [0.05, 0.1) is 0 Å². The van der Waals surface area contributed by atoms with E-state index in [1.54, 1.807) is 11.3 Å². The summed E-state index contributed by atoms with van der Waals surface area (Å²) >= 11 is 3.79. The molecule has 2 aliphatic heterocycles. The fraction of sp³-hybridized carbons (Fsp3) is 0.750. The van der Waals surface area contributed by atoms with Gasteiger partial charge in [-0.1, -0.05) is 0 Å². The Bertz CT molecular complexity index is 367. The van der Waals surface area contributed by atoms with E-state index in [0.29, 0.717) is 0 Å². The van der Waals surface area contributed by atoms with Crippen LogP contribution < -0.4 is 10.6 Å². The fourth-order valence-corrected chi connectivity index (χ4v) is 5.07. The predicted octanol–water partition coefficient (Wildman–Crippen LogP) is 1.10. The molecule has 1 unspecified atom stereocenters. The van der Waals surface area contributed by atoms with E-state index in [2.05, 4.69) is 31.9 Å². The molecule has 1 aromatic heterocycles. The lowest BCUT2D eigenvalue weighted by atomic mass is 9.95. The number of nitrogens with zero attached hydrogens (tertiary/aromatic N) is 3. The molecule has 0 bridgehead atoms.